The van der Waals surface area contributed by atoms with Gasteiger partial charge in [-0.2, -0.15) is 0 Å². The van der Waals surface area contributed by atoms with Gasteiger partial charge in [-0.3, -0.25) is 9.59 Å². The van der Waals surface area contributed by atoms with Crippen molar-refractivity contribution in [1.29, 1.82) is 0 Å². The standard InChI is InChI=1S/C14H17NO4/c1-19-11(10-5-3-2-4-6-10)12(16)15-9-14(7-8-14)13(17)18/h2-6,11H,7-9H2,1H3,(H,15,16)(H,17,18)/t11-/m1/s1. The number of carbonyl (C=O) groups excluding carboxylic acids is 1. The summed E-state index contributed by atoms with van der Waals surface area (Å²) in [5, 5.41) is 11.7. The number of hydrogen-bond donors (Lipinski definition) is 2. The van der Waals surface area contributed by atoms with E-state index in [0.717, 1.165) is 5.56 Å². The molecule has 1 atom stereocenters. The number of hydrogen-bond acceptors (Lipinski definition) is 3. The third-order valence-electron chi connectivity index (χ3n) is 3.48. The molecule has 2 rings (SSSR count). The van der Waals surface area contributed by atoms with E-state index < -0.39 is 17.5 Å². The van der Waals surface area contributed by atoms with Gasteiger partial charge in [-0.15, -0.1) is 0 Å². The van der Waals surface area contributed by atoms with Crippen molar-refractivity contribution in [3.8, 4) is 0 Å². The van der Waals surface area contributed by atoms with Gasteiger partial charge in [-0.25, -0.2) is 0 Å². The number of carboxylic acids is 1. The van der Waals surface area contributed by atoms with Crippen molar-refractivity contribution < 1.29 is 19.4 Å². The summed E-state index contributed by atoms with van der Waals surface area (Å²) in [5.74, 6) is -1.15. The molecule has 0 spiro atoms. The Balaban J connectivity index is 1.97. The fourth-order valence-corrected chi connectivity index (χ4v) is 1.99. The zero-order valence-electron chi connectivity index (χ0n) is 10.8. The number of amides is 1. The Bertz CT molecular complexity index is 468. The molecule has 102 valence electrons. The Morgan fingerprint density at radius 2 is 2.00 bits per heavy atom. The molecule has 0 unspecified atom stereocenters. The molecule has 0 heterocycles. The van der Waals surface area contributed by atoms with E-state index in [0.29, 0.717) is 12.8 Å². The van der Waals surface area contributed by atoms with Crippen molar-refractivity contribution in [1.82, 2.24) is 5.32 Å². The zero-order valence-corrected chi connectivity index (χ0v) is 10.8. The molecule has 0 aromatic heterocycles. The molecule has 1 fully saturated rings. The number of carboxylic acid groups (broad SMARTS) is 1. The molecule has 0 bridgehead atoms. The Morgan fingerprint density at radius 1 is 1.37 bits per heavy atom. The second kappa shape index (κ2) is 5.40. The summed E-state index contributed by atoms with van der Waals surface area (Å²) in [5.41, 5.74) is -0.00681. The fourth-order valence-electron chi connectivity index (χ4n) is 1.99. The predicted octanol–water partition coefficient (Wildman–Crippen LogP) is 1.36. The minimum Gasteiger partial charge on any atom is -0.481 e. The first-order valence-corrected chi connectivity index (χ1v) is 6.18. The molecule has 1 aliphatic carbocycles. The van der Waals surface area contributed by atoms with Crippen molar-refractivity contribution in [2.75, 3.05) is 13.7 Å². The molecule has 1 aliphatic rings. The van der Waals surface area contributed by atoms with Gasteiger partial charge in [0.25, 0.3) is 5.91 Å². The van der Waals surface area contributed by atoms with Crippen LogP contribution in [0.3, 0.4) is 0 Å². The van der Waals surface area contributed by atoms with Crippen molar-refractivity contribution in [2.24, 2.45) is 5.41 Å². The molecule has 1 aromatic carbocycles. The van der Waals surface area contributed by atoms with Crippen molar-refractivity contribution >= 4 is 11.9 Å². The lowest BCUT2D eigenvalue weighted by atomic mass is 10.1. The minimum absolute atomic E-state index is 0.161. The van der Waals surface area contributed by atoms with Crippen LogP contribution in [0, 0.1) is 5.41 Å². The molecule has 1 aromatic rings. The van der Waals surface area contributed by atoms with Crippen LogP contribution in [0.1, 0.15) is 24.5 Å². The summed E-state index contributed by atoms with van der Waals surface area (Å²) >= 11 is 0. The van der Waals surface area contributed by atoms with Gasteiger partial charge in [0, 0.05) is 13.7 Å². The van der Waals surface area contributed by atoms with Crippen LogP contribution in [0.5, 0.6) is 0 Å². The van der Waals surface area contributed by atoms with Crippen molar-refractivity contribution in [2.45, 2.75) is 18.9 Å². The Kier molecular flexibility index (Phi) is 3.85. The summed E-state index contributed by atoms with van der Waals surface area (Å²) in [6, 6.07) is 9.12. The predicted molar refractivity (Wildman–Crippen MR) is 68.5 cm³/mol. The van der Waals surface area contributed by atoms with Gasteiger partial charge in [-0.1, -0.05) is 30.3 Å². The van der Waals surface area contributed by atoms with Gasteiger partial charge < -0.3 is 15.2 Å². The van der Waals surface area contributed by atoms with Gasteiger partial charge in [0.15, 0.2) is 6.10 Å². The van der Waals surface area contributed by atoms with Crippen LogP contribution >= 0.6 is 0 Å². The highest BCUT2D eigenvalue weighted by Gasteiger charge is 2.50. The summed E-state index contributed by atoms with van der Waals surface area (Å²) in [6.45, 7) is 0.161. The molecule has 2 N–H and O–H groups in total. The van der Waals surface area contributed by atoms with E-state index >= 15 is 0 Å². The molecule has 19 heavy (non-hydrogen) atoms. The largest absolute Gasteiger partial charge is 0.481 e. The van der Waals surface area contributed by atoms with Crippen LogP contribution in [-0.2, 0) is 14.3 Å². The van der Waals surface area contributed by atoms with E-state index in [1.807, 2.05) is 18.2 Å². The van der Waals surface area contributed by atoms with E-state index in [1.165, 1.54) is 7.11 Å². The first-order valence-electron chi connectivity index (χ1n) is 6.18. The lowest BCUT2D eigenvalue weighted by molar-refractivity contribution is -0.143. The van der Waals surface area contributed by atoms with E-state index in [-0.39, 0.29) is 12.5 Å². The summed E-state index contributed by atoms with van der Waals surface area (Å²) in [7, 11) is 1.46. The first kappa shape index (κ1) is 13.5. The van der Waals surface area contributed by atoms with Crippen LogP contribution in [0.4, 0.5) is 0 Å². The van der Waals surface area contributed by atoms with Gasteiger partial charge >= 0.3 is 5.97 Å². The van der Waals surface area contributed by atoms with Gasteiger partial charge in [0.1, 0.15) is 0 Å². The number of nitrogens with one attached hydrogen (secondary N) is 1. The van der Waals surface area contributed by atoms with Crippen LogP contribution in [-0.4, -0.2) is 30.6 Å². The topological polar surface area (TPSA) is 75.6 Å². The lowest BCUT2D eigenvalue weighted by Crippen LogP contribution is -2.37. The third-order valence-corrected chi connectivity index (χ3v) is 3.48. The summed E-state index contributed by atoms with van der Waals surface area (Å²) in [6.07, 6.45) is 0.530. The Labute approximate surface area is 111 Å². The van der Waals surface area contributed by atoms with E-state index in [4.69, 9.17) is 9.84 Å². The van der Waals surface area contributed by atoms with Gasteiger partial charge in [-0.05, 0) is 18.4 Å². The maximum atomic E-state index is 12.0. The van der Waals surface area contributed by atoms with Crippen molar-refractivity contribution in [3.05, 3.63) is 35.9 Å². The molecule has 5 heteroatoms. The maximum Gasteiger partial charge on any atom is 0.311 e. The van der Waals surface area contributed by atoms with E-state index in [9.17, 15) is 9.59 Å². The van der Waals surface area contributed by atoms with Gasteiger partial charge in [0.2, 0.25) is 0 Å². The number of ether oxygens (including phenoxy) is 1. The zero-order chi connectivity index (χ0) is 13.9. The van der Waals surface area contributed by atoms with E-state index in [2.05, 4.69) is 5.32 Å². The highest BCUT2D eigenvalue weighted by molar-refractivity contribution is 5.84. The number of aliphatic carboxylic acids is 1. The SMILES string of the molecule is CO[C@@H](C(=O)NCC1(C(=O)O)CC1)c1ccccc1. The number of methoxy groups -OCH3 is 1. The first-order chi connectivity index (χ1) is 9.09. The normalized spacial score (nSPS) is 17.5. The van der Waals surface area contributed by atoms with Crippen LogP contribution in [0.25, 0.3) is 0 Å². The third kappa shape index (κ3) is 2.93. The minimum atomic E-state index is -0.846. The molecular weight excluding hydrogens is 246 g/mol. The average Bonchev–Trinajstić information content (AvgIpc) is 3.20. The van der Waals surface area contributed by atoms with Crippen LogP contribution in [0.15, 0.2) is 30.3 Å². The van der Waals surface area contributed by atoms with Crippen LogP contribution in [0.2, 0.25) is 0 Å². The Hall–Kier alpha value is -1.88. The monoisotopic (exact) mass is 263 g/mol. The molecule has 1 amide bonds. The quantitative estimate of drug-likeness (QED) is 0.812. The Morgan fingerprint density at radius 3 is 2.47 bits per heavy atom. The van der Waals surface area contributed by atoms with E-state index in [1.54, 1.807) is 12.1 Å². The number of benzene rings is 1. The second-order valence-corrected chi connectivity index (χ2v) is 4.83. The molecule has 1 saturated carbocycles. The molecule has 0 saturated heterocycles. The maximum absolute atomic E-state index is 12.0. The van der Waals surface area contributed by atoms with Crippen molar-refractivity contribution in [3.63, 3.8) is 0 Å². The highest BCUT2D eigenvalue weighted by atomic mass is 16.5. The van der Waals surface area contributed by atoms with Crippen LogP contribution < -0.4 is 5.32 Å². The number of rotatable bonds is 6. The smallest absolute Gasteiger partial charge is 0.311 e. The average molecular weight is 263 g/mol. The molecule has 0 aliphatic heterocycles. The molecule has 0 radical (unpaired) electrons. The molecule has 5 nitrogen and oxygen atoms in total. The summed E-state index contributed by atoms with van der Waals surface area (Å²) in [4.78, 5) is 23.1. The highest BCUT2D eigenvalue weighted by Crippen LogP contribution is 2.45. The summed E-state index contributed by atoms with van der Waals surface area (Å²) < 4.78 is 5.18. The molecular formula is C14H17NO4. The fraction of sp³-hybridized carbons (Fsp3) is 0.429. The number of carbonyl (C=O) groups is 2. The van der Waals surface area contributed by atoms with Gasteiger partial charge in [0.05, 0.1) is 5.41 Å². The second-order valence-electron chi connectivity index (χ2n) is 4.83. The lowest BCUT2D eigenvalue weighted by Gasteiger charge is -2.17.